The van der Waals surface area contributed by atoms with Gasteiger partial charge in [-0.05, 0) is 81.8 Å². The lowest BCUT2D eigenvalue weighted by Gasteiger charge is -2.33. The monoisotopic (exact) mass is 645 g/mol. The maximum Gasteiger partial charge on any atom is 0.264 e. The fourth-order valence-corrected chi connectivity index (χ4v) is 5.76. The van der Waals surface area contributed by atoms with Gasteiger partial charge in [0.25, 0.3) is 10.0 Å². The van der Waals surface area contributed by atoms with E-state index in [4.69, 9.17) is 9.47 Å². The Kier molecular flexibility index (Phi) is 10.4. The van der Waals surface area contributed by atoms with Crippen molar-refractivity contribution in [1.29, 1.82) is 0 Å². The van der Waals surface area contributed by atoms with Crippen molar-refractivity contribution in [3.05, 3.63) is 82.8 Å². The highest BCUT2D eigenvalue weighted by Gasteiger charge is 2.34. The molecule has 1 N–H and O–H groups in total. The molecule has 0 unspecified atom stereocenters. The summed E-state index contributed by atoms with van der Waals surface area (Å²) < 4.78 is 40.6. The van der Waals surface area contributed by atoms with Gasteiger partial charge in [-0.25, -0.2) is 8.42 Å². The topological polar surface area (TPSA) is 105 Å². The summed E-state index contributed by atoms with van der Waals surface area (Å²) in [5.74, 6) is -0.157. The Bertz CT molecular complexity index is 1450. The number of anilines is 1. The van der Waals surface area contributed by atoms with Gasteiger partial charge in [0.1, 0.15) is 24.1 Å². The van der Waals surface area contributed by atoms with Crippen LogP contribution in [0.3, 0.4) is 0 Å². The Morgan fingerprint density at radius 2 is 1.54 bits per heavy atom. The SMILES string of the molecule is COc1ccc(S(=O)(=O)N(CC(=O)N(Cc2ccc(Br)cc2)[C@H](C)C(=O)NC(C)(C)C)c2ccccc2OC)cc1. The average molecular weight is 647 g/mol. The van der Waals surface area contributed by atoms with Crippen LogP contribution in [0.15, 0.2) is 82.2 Å². The van der Waals surface area contributed by atoms with Crippen molar-refractivity contribution in [2.75, 3.05) is 25.1 Å². The molecule has 220 valence electrons. The largest absolute Gasteiger partial charge is 0.497 e. The number of hydrogen-bond donors (Lipinski definition) is 1. The highest BCUT2D eigenvalue weighted by molar-refractivity contribution is 9.10. The molecule has 41 heavy (non-hydrogen) atoms. The predicted molar refractivity (Wildman–Crippen MR) is 163 cm³/mol. The number of carbonyl (C=O) groups excluding carboxylic acids is 2. The zero-order chi connectivity index (χ0) is 30.4. The van der Waals surface area contributed by atoms with E-state index in [1.807, 2.05) is 45.0 Å². The van der Waals surface area contributed by atoms with E-state index >= 15 is 0 Å². The maximum atomic E-state index is 14.1. The first-order valence-corrected chi connectivity index (χ1v) is 15.2. The van der Waals surface area contributed by atoms with Gasteiger partial charge in [0.2, 0.25) is 11.8 Å². The van der Waals surface area contributed by atoms with E-state index in [0.29, 0.717) is 5.75 Å². The van der Waals surface area contributed by atoms with Crippen LogP contribution in [-0.2, 0) is 26.2 Å². The zero-order valence-corrected chi connectivity index (χ0v) is 26.5. The molecule has 0 aromatic heterocycles. The molecule has 0 spiro atoms. The van der Waals surface area contributed by atoms with Crippen molar-refractivity contribution in [1.82, 2.24) is 10.2 Å². The van der Waals surface area contributed by atoms with Gasteiger partial charge >= 0.3 is 0 Å². The van der Waals surface area contributed by atoms with Gasteiger partial charge in [0.15, 0.2) is 0 Å². The Labute approximate surface area is 250 Å². The van der Waals surface area contributed by atoms with Gasteiger partial charge < -0.3 is 19.7 Å². The summed E-state index contributed by atoms with van der Waals surface area (Å²) in [6.07, 6.45) is 0. The molecule has 11 heteroatoms. The van der Waals surface area contributed by atoms with Gasteiger partial charge in [-0.3, -0.25) is 13.9 Å². The maximum absolute atomic E-state index is 14.1. The van der Waals surface area contributed by atoms with Crippen molar-refractivity contribution in [3.8, 4) is 11.5 Å². The van der Waals surface area contributed by atoms with Crippen LogP contribution in [0.4, 0.5) is 5.69 Å². The molecule has 0 fully saturated rings. The van der Waals surface area contributed by atoms with E-state index in [9.17, 15) is 18.0 Å². The van der Waals surface area contributed by atoms with Gasteiger partial charge in [-0.2, -0.15) is 0 Å². The first-order chi connectivity index (χ1) is 19.3. The fraction of sp³-hybridized carbons (Fsp3) is 0.333. The van der Waals surface area contributed by atoms with E-state index in [2.05, 4.69) is 21.2 Å². The van der Waals surface area contributed by atoms with Crippen molar-refractivity contribution in [3.63, 3.8) is 0 Å². The van der Waals surface area contributed by atoms with Crippen molar-refractivity contribution in [2.24, 2.45) is 0 Å². The molecule has 3 aromatic rings. The molecule has 0 heterocycles. The molecule has 3 aromatic carbocycles. The van der Waals surface area contributed by atoms with Crippen LogP contribution >= 0.6 is 15.9 Å². The molecule has 0 bridgehead atoms. The lowest BCUT2D eigenvalue weighted by atomic mass is 10.1. The Hall–Kier alpha value is -3.57. The van der Waals surface area contributed by atoms with Gasteiger partial charge in [-0.1, -0.05) is 40.2 Å². The summed E-state index contributed by atoms with van der Waals surface area (Å²) in [6.45, 7) is 6.70. The zero-order valence-electron chi connectivity index (χ0n) is 24.0. The first-order valence-electron chi connectivity index (χ1n) is 12.9. The summed E-state index contributed by atoms with van der Waals surface area (Å²) in [7, 11) is -1.34. The summed E-state index contributed by atoms with van der Waals surface area (Å²) in [6, 6.07) is 18.9. The standard InChI is InChI=1S/C30H36BrN3O6S/c1-21(29(36)32-30(2,3)4)33(19-22-11-13-23(31)14-12-22)28(35)20-34(26-9-7-8-10-27(26)40-6)41(37,38)25-17-15-24(39-5)16-18-25/h7-18,21H,19-20H2,1-6H3,(H,32,36)/t21-/m1/s1. The van der Waals surface area contributed by atoms with E-state index in [1.165, 1.54) is 43.4 Å². The minimum atomic E-state index is -4.25. The summed E-state index contributed by atoms with van der Waals surface area (Å²) in [4.78, 5) is 28.6. The molecule has 0 saturated carbocycles. The van der Waals surface area contributed by atoms with Gasteiger partial charge in [0.05, 0.1) is 24.8 Å². The number of rotatable bonds is 11. The van der Waals surface area contributed by atoms with Crippen LogP contribution in [-0.4, -0.2) is 57.5 Å². The van der Waals surface area contributed by atoms with E-state index in [0.717, 1.165) is 14.3 Å². The third kappa shape index (κ3) is 8.23. The highest BCUT2D eigenvalue weighted by atomic mass is 79.9. The summed E-state index contributed by atoms with van der Waals surface area (Å²) in [5, 5.41) is 2.92. The number of para-hydroxylation sites is 2. The molecule has 0 radical (unpaired) electrons. The number of ether oxygens (including phenoxy) is 2. The molecule has 0 aliphatic rings. The van der Waals surface area contributed by atoms with Crippen LogP contribution in [0.1, 0.15) is 33.3 Å². The fourth-order valence-electron chi connectivity index (χ4n) is 4.07. The van der Waals surface area contributed by atoms with Crippen molar-refractivity contribution in [2.45, 2.75) is 50.7 Å². The normalized spacial score (nSPS) is 12.3. The van der Waals surface area contributed by atoms with Crippen LogP contribution in [0.25, 0.3) is 0 Å². The minimum absolute atomic E-state index is 0.0324. The molecule has 3 rings (SSSR count). The lowest BCUT2D eigenvalue weighted by molar-refractivity contribution is -0.140. The van der Waals surface area contributed by atoms with Crippen LogP contribution in [0.5, 0.6) is 11.5 Å². The number of nitrogens with zero attached hydrogens (tertiary/aromatic N) is 2. The van der Waals surface area contributed by atoms with Crippen LogP contribution in [0, 0.1) is 0 Å². The molecule has 0 saturated heterocycles. The molecule has 9 nitrogen and oxygen atoms in total. The number of nitrogens with one attached hydrogen (secondary N) is 1. The first kappa shape index (κ1) is 32.0. The Morgan fingerprint density at radius 3 is 2.10 bits per heavy atom. The molecule has 0 aliphatic heterocycles. The van der Waals surface area contributed by atoms with Crippen molar-refractivity contribution >= 4 is 43.5 Å². The smallest absolute Gasteiger partial charge is 0.264 e. The third-order valence-corrected chi connectivity index (χ3v) is 8.51. The molecule has 1 atom stereocenters. The number of hydrogen-bond acceptors (Lipinski definition) is 6. The van der Waals surface area contributed by atoms with E-state index in [1.54, 1.807) is 31.2 Å². The van der Waals surface area contributed by atoms with Crippen LogP contribution < -0.4 is 19.1 Å². The quantitative estimate of drug-likeness (QED) is 0.315. The van der Waals surface area contributed by atoms with Crippen LogP contribution in [0.2, 0.25) is 0 Å². The second kappa shape index (κ2) is 13.4. The molecular formula is C30H36BrN3O6S. The Morgan fingerprint density at radius 1 is 0.927 bits per heavy atom. The van der Waals surface area contributed by atoms with Crippen molar-refractivity contribution < 1.29 is 27.5 Å². The molecule has 2 amide bonds. The second-order valence-electron chi connectivity index (χ2n) is 10.4. The molecular weight excluding hydrogens is 610 g/mol. The van der Waals surface area contributed by atoms with E-state index < -0.39 is 34.1 Å². The number of carbonyl (C=O) groups is 2. The third-order valence-electron chi connectivity index (χ3n) is 6.21. The number of halogens is 1. The van der Waals surface area contributed by atoms with E-state index in [-0.39, 0.29) is 28.8 Å². The number of amides is 2. The number of benzene rings is 3. The second-order valence-corrected chi connectivity index (χ2v) is 13.2. The minimum Gasteiger partial charge on any atom is -0.497 e. The lowest BCUT2D eigenvalue weighted by Crippen LogP contribution is -2.54. The predicted octanol–water partition coefficient (Wildman–Crippen LogP) is 4.99. The highest BCUT2D eigenvalue weighted by Crippen LogP contribution is 2.33. The number of methoxy groups -OCH3 is 2. The molecule has 0 aliphatic carbocycles. The Balaban J connectivity index is 2.07. The van der Waals surface area contributed by atoms with Gasteiger partial charge in [-0.15, -0.1) is 0 Å². The summed E-state index contributed by atoms with van der Waals surface area (Å²) >= 11 is 3.41. The summed E-state index contributed by atoms with van der Waals surface area (Å²) in [5.41, 5.74) is 0.437. The van der Waals surface area contributed by atoms with Gasteiger partial charge in [0, 0.05) is 16.6 Å². The average Bonchev–Trinajstić information content (AvgIpc) is 2.94. The number of sulfonamides is 1.